The number of halogens is 4. The Bertz CT molecular complexity index is 802. The van der Waals surface area contributed by atoms with Crippen LogP contribution in [0.4, 0.5) is 5.69 Å². The van der Waals surface area contributed by atoms with E-state index in [0.29, 0.717) is 10.7 Å². The number of carbonyl (C=O) groups is 4. The molecule has 1 aromatic carbocycles. The predicted octanol–water partition coefficient (Wildman–Crippen LogP) is 2.49. The van der Waals surface area contributed by atoms with Gasteiger partial charge in [-0.15, -0.1) is 0 Å². The van der Waals surface area contributed by atoms with Gasteiger partial charge in [-0.25, -0.2) is 0 Å². The molecule has 0 spiro atoms. The first-order valence-electron chi connectivity index (χ1n) is 7.30. The molecule has 0 heterocycles. The zero-order valence-corrected chi connectivity index (χ0v) is 21.2. The van der Waals surface area contributed by atoms with Crippen LogP contribution in [-0.2, 0) is 14.3 Å². The number of hydrogen-bond donors (Lipinski definition) is 3. The Hall–Kier alpha value is -0.260. The molecule has 0 fully saturated rings. The van der Waals surface area contributed by atoms with Crippen molar-refractivity contribution in [3.8, 4) is 0 Å². The van der Waals surface area contributed by atoms with Gasteiger partial charge in [0.25, 0.3) is 17.1 Å². The lowest BCUT2D eigenvalue weighted by Gasteiger charge is -2.19. The third kappa shape index (κ3) is 6.37. The van der Waals surface area contributed by atoms with Crippen molar-refractivity contribution in [3.05, 3.63) is 21.8 Å². The molecule has 0 saturated carbocycles. The molecule has 1 aromatic rings. The van der Waals surface area contributed by atoms with Gasteiger partial charge in [-0.05, 0) is 86.3 Å². The molecular formula is C15H14ClI3N2O6. The molecule has 27 heavy (non-hydrogen) atoms. The van der Waals surface area contributed by atoms with Gasteiger partial charge in [-0.2, -0.15) is 0 Å². The highest BCUT2D eigenvalue weighted by atomic mass is 127. The fraction of sp³-hybridized carbons (Fsp3) is 0.333. The number of amides is 2. The maximum Gasteiger partial charge on any atom is 0.303 e. The minimum absolute atomic E-state index is 0.0202. The number of anilines is 1. The van der Waals surface area contributed by atoms with E-state index in [1.807, 2.05) is 67.8 Å². The van der Waals surface area contributed by atoms with E-state index in [-0.39, 0.29) is 30.0 Å². The van der Waals surface area contributed by atoms with E-state index in [2.05, 4.69) is 10.6 Å². The normalized spacial score (nSPS) is 11.5. The SMILES string of the molecule is CC(=O)OC(C)C(=O)Nc1c(I)c(C(=O)Cl)c(I)c(C(=O)NCCO)c1I. The lowest BCUT2D eigenvalue weighted by molar-refractivity contribution is -0.150. The fourth-order valence-corrected chi connectivity index (χ4v) is 6.85. The molecule has 0 saturated heterocycles. The van der Waals surface area contributed by atoms with Gasteiger partial charge in [0.05, 0.1) is 30.6 Å². The summed E-state index contributed by atoms with van der Waals surface area (Å²) in [5, 5.41) is 13.2. The summed E-state index contributed by atoms with van der Waals surface area (Å²) < 4.78 is 5.89. The summed E-state index contributed by atoms with van der Waals surface area (Å²) in [6.07, 6.45) is -1.07. The van der Waals surface area contributed by atoms with Crippen LogP contribution in [0.3, 0.4) is 0 Å². The molecule has 0 radical (unpaired) electrons. The molecule has 0 aromatic heterocycles. The average Bonchev–Trinajstić information content (AvgIpc) is 2.55. The van der Waals surface area contributed by atoms with Crippen LogP contribution >= 0.6 is 79.4 Å². The van der Waals surface area contributed by atoms with Crippen molar-refractivity contribution in [2.24, 2.45) is 0 Å². The summed E-state index contributed by atoms with van der Waals surface area (Å²) >= 11 is 11.2. The van der Waals surface area contributed by atoms with Gasteiger partial charge >= 0.3 is 5.97 Å². The molecule has 148 valence electrons. The topological polar surface area (TPSA) is 122 Å². The zero-order chi connectivity index (χ0) is 20.9. The summed E-state index contributed by atoms with van der Waals surface area (Å²) in [5.74, 6) is -1.78. The maximum absolute atomic E-state index is 12.5. The lowest BCUT2D eigenvalue weighted by Crippen LogP contribution is -2.32. The second-order valence-electron chi connectivity index (χ2n) is 5.06. The van der Waals surface area contributed by atoms with Crippen molar-refractivity contribution >= 4 is 108 Å². The molecule has 2 amide bonds. The molecule has 0 aliphatic rings. The van der Waals surface area contributed by atoms with E-state index in [1.165, 1.54) is 13.8 Å². The molecular weight excluding hydrogens is 720 g/mol. The van der Waals surface area contributed by atoms with Crippen LogP contribution in [-0.4, -0.2) is 47.4 Å². The Kier molecular flexibility index (Phi) is 10.2. The van der Waals surface area contributed by atoms with E-state index in [1.54, 1.807) is 0 Å². The zero-order valence-electron chi connectivity index (χ0n) is 14.0. The number of nitrogens with one attached hydrogen (secondary N) is 2. The summed E-state index contributed by atoms with van der Waals surface area (Å²) in [5.41, 5.74) is 0.422. The van der Waals surface area contributed by atoms with Crippen molar-refractivity contribution in [2.45, 2.75) is 20.0 Å². The van der Waals surface area contributed by atoms with E-state index < -0.39 is 29.1 Å². The van der Waals surface area contributed by atoms with Crippen LogP contribution in [0.25, 0.3) is 0 Å². The Balaban J connectivity index is 3.48. The van der Waals surface area contributed by atoms with Gasteiger partial charge in [0.15, 0.2) is 6.10 Å². The second kappa shape index (κ2) is 11.1. The van der Waals surface area contributed by atoms with E-state index >= 15 is 0 Å². The van der Waals surface area contributed by atoms with Gasteiger partial charge < -0.3 is 20.5 Å². The van der Waals surface area contributed by atoms with Gasteiger partial charge in [0, 0.05) is 17.0 Å². The third-order valence-corrected chi connectivity index (χ3v) is 6.52. The van der Waals surface area contributed by atoms with Crippen LogP contribution in [0, 0.1) is 10.7 Å². The number of rotatable bonds is 7. The molecule has 0 bridgehead atoms. The van der Waals surface area contributed by atoms with E-state index in [4.69, 9.17) is 21.4 Å². The molecule has 1 unspecified atom stereocenters. The monoisotopic (exact) mass is 734 g/mol. The summed E-state index contributed by atoms with van der Waals surface area (Å²) in [6.45, 7) is 2.34. The molecule has 1 atom stereocenters. The number of esters is 1. The van der Waals surface area contributed by atoms with Gasteiger partial charge in [0.2, 0.25) is 0 Å². The Morgan fingerprint density at radius 1 is 1.11 bits per heavy atom. The van der Waals surface area contributed by atoms with Crippen molar-refractivity contribution in [1.82, 2.24) is 5.32 Å². The number of aliphatic hydroxyl groups is 1. The highest BCUT2D eigenvalue weighted by molar-refractivity contribution is 14.1. The highest BCUT2D eigenvalue weighted by Gasteiger charge is 2.29. The molecule has 3 N–H and O–H groups in total. The van der Waals surface area contributed by atoms with Crippen LogP contribution in [0.1, 0.15) is 34.6 Å². The summed E-state index contributed by atoms with van der Waals surface area (Å²) in [4.78, 5) is 47.7. The van der Waals surface area contributed by atoms with Crippen LogP contribution in [0.2, 0.25) is 0 Å². The molecule has 8 nitrogen and oxygen atoms in total. The van der Waals surface area contributed by atoms with Crippen molar-refractivity contribution in [3.63, 3.8) is 0 Å². The highest BCUT2D eigenvalue weighted by Crippen LogP contribution is 2.36. The number of aliphatic hydroxyl groups excluding tert-OH is 1. The number of ether oxygens (including phenoxy) is 1. The van der Waals surface area contributed by atoms with Crippen LogP contribution < -0.4 is 10.6 Å². The van der Waals surface area contributed by atoms with E-state index in [9.17, 15) is 19.2 Å². The van der Waals surface area contributed by atoms with Gasteiger partial charge in [-0.3, -0.25) is 19.2 Å². The second-order valence-corrected chi connectivity index (χ2v) is 8.64. The number of carbonyl (C=O) groups excluding carboxylic acids is 4. The number of benzene rings is 1. The molecule has 0 aliphatic heterocycles. The molecule has 1 rings (SSSR count). The van der Waals surface area contributed by atoms with Crippen LogP contribution in [0.15, 0.2) is 0 Å². The first kappa shape index (κ1) is 24.8. The Labute approximate surface area is 200 Å². The van der Waals surface area contributed by atoms with Gasteiger partial charge in [0.1, 0.15) is 0 Å². The third-order valence-electron chi connectivity index (χ3n) is 3.10. The largest absolute Gasteiger partial charge is 0.453 e. The van der Waals surface area contributed by atoms with Crippen molar-refractivity contribution in [1.29, 1.82) is 0 Å². The standard InChI is InChI=1S/C15H14ClI3N2O6/c1-5(27-6(2)23)14(25)21-12-10(18)7(13(16)24)9(17)8(11(12)19)15(26)20-3-4-22/h5,22H,3-4H2,1-2H3,(H,20,26)(H,21,25). The van der Waals surface area contributed by atoms with Gasteiger partial charge in [-0.1, -0.05) is 0 Å². The Morgan fingerprint density at radius 2 is 1.67 bits per heavy atom. The van der Waals surface area contributed by atoms with Crippen molar-refractivity contribution < 1.29 is 29.0 Å². The smallest absolute Gasteiger partial charge is 0.303 e. The predicted molar refractivity (Wildman–Crippen MR) is 124 cm³/mol. The summed E-state index contributed by atoms with van der Waals surface area (Å²) in [7, 11) is 0. The quantitative estimate of drug-likeness (QED) is 0.225. The molecule has 0 aliphatic carbocycles. The summed E-state index contributed by atoms with van der Waals surface area (Å²) in [6, 6.07) is 0. The Morgan fingerprint density at radius 3 is 2.15 bits per heavy atom. The number of hydrogen-bond acceptors (Lipinski definition) is 6. The minimum atomic E-state index is -1.07. The average molecular weight is 734 g/mol. The van der Waals surface area contributed by atoms with Crippen LogP contribution in [0.5, 0.6) is 0 Å². The van der Waals surface area contributed by atoms with Crippen molar-refractivity contribution in [2.75, 3.05) is 18.5 Å². The lowest BCUT2D eigenvalue weighted by atomic mass is 10.1. The first-order chi connectivity index (χ1) is 12.5. The maximum atomic E-state index is 12.5. The first-order valence-corrected chi connectivity index (χ1v) is 10.9. The minimum Gasteiger partial charge on any atom is -0.453 e. The fourth-order valence-electron chi connectivity index (χ4n) is 1.93. The van der Waals surface area contributed by atoms with E-state index in [0.717, 1.165) is 0 Å². The molecule has 12 heteroatoms.